The van der Waals surface area contributed by atoms with Crippen LogP contribution >= 0.6 is 0 Å². The Morgan fingerprint density at radius 2 is 0.643 bits per heavy atom. The maximum absolute atomic E-state index is 2.49. The Hall–Kier alpha value is -7.22. The van der Waals surface area contributed by atoms with Gasteiger partial charge in [0.1, 0.15) is 0 Å². The van der Waals surface area contributed by atoms with Gasteiger partial charge in [-0.3, -0.25) is 0 Å². The first-order valence-electron chi connectivity index (χ1n) is 19.4. The van der Waals surface area contributed by atoms with Crippen molar-refractivity contribution in [3.8, 4) is 22.3 Å². The van der Waals surface area contributed by atoms with Crippen molar-refractivity contribution in [2.75, 3.05) is 4.90 Å². The monoisotopic (exact) mass is 711 g/mol. The summed E-state index contributed by atoms with van der Waals surface area (Å²) >= 11 is 0. The Morgan fingerprint density at radius 3 is 1.16 bits per heavy atom. The van der Waals surface area contributed by atoms with Crippen molar-refractivity contribution >= 4 is 49.4 Å². The molecule has 0 aliphatic heterocycles. The molecule has 11 rings (SSSR count). The molecule has 0 fully saturated rings. The van der Waals surface area contributed by atoms with Gasteiger partial charge in [-0.25, -0.2) is 0 Å². The van der Waals surface area contributed by atoms with E-state index in [0.29, 0.717) is 0 Å². The van der Waals surface area contributed by atoms with E-state index in [1.54, 1.807) is 0 Å². The summed E-state index contributed by atoms with van der Waals surface area (Å²) in [5.74, 6) is 0. The van der Waals surface area contributed by atoms with Crippen LogP contribution in [0.2, 0.25) is 0 Å². The highest BCUT2D eigenvalue weighted by Gasteiger charge is 2.46. The lowest BCUT2D eigenvalue weighted by Gasteiger charge is -2.34. The van der Waals surface area contributed by atoms with Crippen LogP contribution in [0.3, 0.4) is 0 Å². The van der Waals surface area contributed by atoms with Crippen LogP contribution in [0, 0.1) is 0 Å². The standard InChI is InChI=1S/C55H37N/c1-3-15-42(16-4-1)56(43-17-5-2-6-18-43)44-34-29-39(30-35-44)38-27-31-40(32-28-38)55(53-25-13-11-23-50(53)51-24-12-14-26-54(51)55)41-33-36-49-47-21-8-7-19-45(47)46-20-9-10-22-48(46)52(49)37-41/h1-37H. The molecule has 10 aromatic carbocycles. The summed E-state index contributed by atoms with van der Waals surface area (Å²) in [5.41, 5.74) is 13.1. The molecule has 10 aromatic rings. The normalized spacial score (nSPS) is 12.8. The quantitative estimate of drug-likeness (QED) is 0.155. The van der Waals surface area contributed by atoms with Crippen LogP contribution in [0.1, 0.15) is 22.3 Å². The van der Waals surface area contributed by atoms with Crippen molar-refractivity contribution in [3.63, 3.8) is 0 Å². The van der Waals surface area contributed by atoms with E-state index in [2.05, 4.69) is 229 Å². The van der Waals surface area contributed by atoms with Gasteiger partial charge in [0.15, 0.2) is 0 Å². The molecule has 0 bridgehead atoms. The summed E-state index contributed by atoms with van der Waals surface area (Å²) in [7, 11) is 0. The third-order valence-electron chi connectivity index (χ3n) is 11.9. The second-order valence-electron chi connectivity index (χ2n) is 14.8. The van der Waals surface area contributed by atoms with E-state index in [1.165, 1.54) is 76.8 Å². The van der Waals surface area contributed by atoms with Gasteiger partial charge in [-0.2, -0.15) is 0 Å². The first-order chi connectivity index (χ1) is 27.8. The van der Waals surface area contributed by atoms with Gasteiger partial charge < -0.3 is 4.90 Å². The van der Waals surface area contributed by atoms with Crippen LogP contribution in [-0.2, 0) is 5.41 Å². The zero-order valence-corrected chi connectivity index (χ0v) is 30.8. The summed E-state index contributed by atoms with van der Waals surface area (Å²) < 4.78 is 0. The molecular weight excluding hydrogens is 675 g/mol. The van der Waals surface area contributed by atoms with E-state index in [9.17, 15) is 0 Å². The highest BCUT2D eigenvalue weighted by molar-refractivity contribution is 6.25. The Morgan fingerprint density at radius 1 is 0.268 bits per heavy atom. The fourth-order valence-corrected chi connectivity index (χ4v) is 9.48. The van der Waals surface area contributed by atoms with Gasteiger partial charge in [0, 0.05) is 17.1 Å². The molecular formula is C55H37N. The van der Waals surface area contributed by atoms with Gasteiger partial charge in [0.2, 0.25) is 0 Å². The minimum absolute atomic E-state index is 0.498. The minimum Gasteiger partial charge on any atom is -0.311 e. The fraction of sp³-hybridized carbons (Fsp3) is 0.0182. The van der Waals surface area contributed by atoms with E-state index in [1.807, 2.05) is 0 Å². The number of rotatable bonds is 6. The van der Waals surface area contributed by atoms with E-state index in [4.69, 9.17) is 0 Å². The molecule has 56 heavy (non-hydrogen) atoms. The van der Waals surface area contributed by atoms with Crippen LogP contribution in [0.4, 0.5) is 17.1 Å². The topological polar surface area (TPSA) is 3.24 Å². The van der Waals surface area contributed by atoms with Crippen LogP contribution in [0.15, 0.2) is 224 Å². The number of hydrogen-bond donors (Lipinski definition) is 0. The molecule has 0 atom stereocenters. The number of nitrogens with zero attached hydrogens (tertiary/aromatic N) is 1. The predicted molar refractivity (Wildman–Crippen MR) is 236 cm³/mol. The van der Waals surface area contributed by atoms with Crippen molar-refractivity contribution in [3.05, 3.63) is 247 Å². The lowest BCUT2D eigenvalue weighted by atomic mass is 9.67. The second kappa shape index (κ2) is 13.0. The van der Waals surface area contributed by atoms with Crippen LogP contribution in [0.25, 0.3) is 54.6 Å². The number of fused-ring (bicyclic) bond motifs is 9. The lowest BCUT2D eigenvalue weighted by molar-refractivity contribution is 0.770. The second-order valence-corrected chi connectivity index (χ2v) is 14.8. The lowest BCUT2D eigenvalue weighted by Crippen LogP contribution is -2.28. The fourth-order valence-electron chi connectivity index (χ4n) is 9.48. The highest BCUT2D eigenvalue weighted by atomic mass is 15.1. The van der Waals surface area contributed by atoms with E-state index < -0.39 is 5.41 Å². The van der Waals surface area contributed by atoms with E-state index in [-0.39, 0.29) is 0 Å². The summed E-state index contributed by atoms with van der Waals surface area (Å²) in [6.07, 6.45) is 0. The third-order valence-corrected chi connectivity index (χ3v) is 11.9. The summed E-state index contributed by atoms with van der Waals surface area (Å²) in [6.45, 7) is 0. The average molecular weight is 712 g/mol. The molecule has 0 aromatic heterocycles. The molecule has 0 N–H and O–H groups in total. The summed E-state index contributed by atoms with van der Waals surface area (Å²) in [6, 6.07) is 82.5. The van der Waals surface area contributed by atoms with Crippen molar-refractivity contribution in [1.82, 2.24) is 0 Å². The first-order valence-corrected chi connectivity index (χ1v) is 19.4. The van der Waals surface area contributed by atoms with Crippen molar-refractivity contribution in [2.24, 2.45) is 0 Å². The molecule has 1 nitrogen and oxygen atoms in total. The molecule has 0 unspecified atom stereocenters. The molecule has 262 valence electrons. The smallest absolute Gasteiger partial charge is 0.0713 e. The Kier molecular flexibility index (Phi) is 7.47. The molecule has 0 amide bonds. The largest absolute Gasteiger partial charge is 0.311 e. The Balaban J connectivity index is 1.07. The average Bonchev–Trinajstić information content (AvgIpc) is 3.58. The molecule has 0 radical (unpaired) electrons. The SMILES string of the molecule is c1ccc(N(c2ccccc2)c2ccc(-c3ccc(C4(c5ccc6c7ccccc7c7ccccc7c6c5)c5ccccc5-c5ccccc54)cc3)cc2)cc1. The first kappa shape index (κ1) is 32.2. The maximum Gasteiger partial charge on any atom is 0.0713 e. The zero-order valence-electron chi connectivity index (χ0n) is 30.8. The van der Waals surface area contributed by atoms with Gasteiger partial charge >= 0.3 is 0 Å². The molecule has 1 aliphatic carbocycles. The molecule has 0 saturated heterocycles. The Labute approximate surface area is 327 Å². The van der Waals surface area contributed by atoms with Crippen molar-refractivity contribution in [2.45, 2.75) is 5.41 Å². The number of hydrogen-bond acceptors (Lipinski definition) is 1. The van der Waals surface area contributed by atoms with E-state index in [0.717, 1.165) is 17.1 Å². The molecule has 1 heteroatoms. The van der Waals surface area contributed by atoms with Crippen LogP contribution in [-0.4, -0.2) is 0 Å². The van der Waals surface area contributed by atoms with Crippen LogP contribution < -0.4 is 4.90 Å². The molecule has 0 heterocycles. The van der Waals surface area contributed by atoms with Gasteiger partial charge in [-0.05, 0) is 119 Å². The zero-order chi connectivity index (χ0) is 37.1. The maximum atomic E-state index is 2.49. The number of benzene rings is 10. The Bertz CT molecular complexity index is 2930. The van der Waals surface area contributed by atoms with Gasteiger partial charge in [0.25, 0.3) is 0 Å². The predicted octanol–water partition coefficient (Wildman–Crippen LogP) is 14.6. The number of anilines is 3. The van der Waals surface area contributed by atoms with E-state index >= 15 is 0 Å². The molecule has 0 spiro atoms. The van der Waals surface area contributed by atoms with Gasteiger partial charge in [-0.15, -0.1) is 0 Å². The molecule has 0 saturated carbocycles. The van der Waals surface area contributed by atoms with Gasteiger partial charge in [-0.1, -0.05) is 182 Å². The minimum atomic E-state index is -0.498. The van der Waals surface area contributed by atoms with Gasteiger partial charge in [0.05, 0.1) is 5.41 Å². The summed E-state index contributed by atoms with van der Waals surface area (Å²) in [5, 5.41) is 7.74. The highest BCUT2D eigenvalue weighted by Crippen LogP contribution is 2.56. The summed E-state index contributed by atoms with van der Waals surface area (Å²) in [4.78, 5) is 2.31. The third kappa shape index (κ3) is 4.88. The number of para-hydroxylation sites is 2. The van der Waals surface area contributed by atoms with Crippen LogP contribution in [0.5, 0.6) is 0 Å². The molecule has 1 aliphatic rings. The van der Waals surface area contributed by atoms with Crippen molar-refractivity contribution < 1.29 is 0 Å². The van der Waals surface area contributed by atoms with Crippen molar-refractivity contribution in [1.29, 1.82) is 0 Å².